The summed E-state index contributed by atoms with van der Waals surface area (Å²) in [4.78, 5) is 12.2. The predicted molar refractivity (Wildman–Crippen MR) is 52.4 cm³/mol. The molecule has 0 bridgehead atoms. The van der Waals surface area contributed by atoms with E-state index < -0.39 is 5.97 Å². The van der Waals surface area contributed by atoms with Gasteiger partial charge in [0.15, 0.2) is 0 Å². The maximum Gasteiger partial charge on any atom is 0.317 e. The highest BCUT2D eigenvalue weighted by molar-refractivity contribution is 5.69. The van der Waals surface area contributed by atoms with E-state index in [1.54, 1.807) is 4.90 Å². The van der Waals surface area contributed by atoms with Gasteiger partial charge in [-0.3, -0.25) is 9.69 Å². The molecule has 3 heteroatoms. The maximum atomic E-state index is 10.4. The molecule has 0 fully saturated rings. The monoisotopic (exact) mass is 183 g/mol. The second-order valence-electron chi connectivity index (χ2n) is 3.49. The third-order valence-electron chi connectivity index (χ3n) is 1.70. The van der Waals surface area contributed by atoms with Gasteiger partial charge in [-0.05, 0) is 18.9 Å². The Kier molecular flexibility index (Phi) is 5.99. The highest BCUT2D eigenvalue weighted by atomic mass is 16.4. The summed E-state index contributed by atoms with van der Waals surface area (Å²) in [7, 11) is 0. The van der Waals surface area contributed by atoms with Gasteiger partial charge in [-0.15, -0.1) is 6.42 Å². The van der Waals surface area contributed by atoms with E-state index in [1.165, 1.54) is 0 Å². The molecule has 74 valence electrons. The second kappa shape index (κ2) is 6.50. The Morgan fingerprint density at radius 2 is 2.23 bits per heavy atom. The topological polar surface area (TPSA) is 40.5 Å². The first-order chi connectivity index (χ1) is 6.06. The van der Waals surface area contributed by atoms with Gasteiger partial charge in [-0.2, -0.15) is 0 Å². The van der Waals surface area contributed by atoms with Gasteiger partial charge in [0.25, 0.3) is 0 Å². The van der Waals surface area contributed by atoms with Crippen LogP contribution in [0.25, 0.3) is 0 Å². The highest BCUT2D eigenvalue weighted by Gasteiger charge is 2.08. The molecule has 0 saturated carbocycles. The number of carboxylic acid groups (broad SMARTS) is 1. The molecule has 1 N–H and O–H groups in total. The molecule has 0 aromatic heterocycles. The molecule has 0 aliphatic heterocycles. The number of terminal acetylenes is 1. The molecule has 0 aliphatic carbocycles. The van der Waals surface area contributed by atoms with Crippen LogP contribution in [-0.2, 0) is 4.79 Å². The smallest absolute Gasteiger partial charge is 0.317 e. The van der Waals surface area contributed by atoms with E-state index in [2.05, 4.69) is 19.8 Å². The summed E-state index contributed by atoms with van der Waals surface area (Å²) in [5.74, 6) is 2.22. The van der Waals surface area contributed by atoms with Gasteiger partial charge in [0, 0.05) is 0 Å². The summed E-state index contributed by atoms with van der Waals surface area (Å²) >= 11 is 0. The number of carboxylic acids is 1. The zero-order valence-electron chi connectivity index (χ0n) is 8.29. The highest BCUT2D eigenvalue weighted by Crippen LogP contribution is 2.01. The van der Waals surface area contributed by atoms with E-state index >= 15 is 0 Å². The summed E-state index contributed by atoms with van der Waals surface area (Å²) < 4.78 is 0. The van der Waals surface area contributed by atoms with E-state index in [-0.39, 0.29) is 6.54 Å². The van der Waals surface area contributed by atoms with Crippen molar-refractivity contribution in [1.29, 1.82) is 0 Å². The van der Waals surface area contributed by atoms with E-state index in [9.17, 15) is 4.79 Å². The Bertz CT molecular complexity index is 194. The van der Waals surface area contributed by atoms with Crippen LogP contribution in [0.15, 0.2) is 0 Å². The average Bonchev–Trinajstić information content (AvgIpc) is 1.99. The lowest BCUT2D eigenvalue weighted by molar-refractivity contribution is -0.138. The predicted octanol–water partition coefficient (Wildman–Crippen LogP) is 1.05. The minimum Gasteiger partial charge on any atom is -0.480 e. The standard InChI is InChI=1S/C10H17NO2/c1-4-6-11(8-10(12)13)7-5-9(2)3/h1,9H,5-8H2,2-3H3,(H,12,13). The fourth-order valence-electron chi connectivity index (χ4n) is 0.975. The number of rotatable bonds is 6. The molecule has 0 amide bonds. The summed E-state index contributed by atoms with van der Waals surface area (Å²) in [6, 6.07) is 0. The first kappa shape index (κ1) is 12.0. The third kappa shape index (κ3) is 7.35. The van der Waals surface area contributed by atoms with Crippen LogP contribution in [0.2, 0.25) is 0 Å². The fraction of sp³-hybridized carbons (Fsp3) is 0.700. The van der Waals surface area contributed by atoms with E-state index in [0.29, 0.717) is 12.5 Å². The Labute approximate surface area is 79.7 Å². The Morgan fingerprint density at radius 1 is 1.62 bits per heavy atom. The lowest BCUT2D eigenvalue weighted by Gasteiger charge is -2.18. The maximum absolute atomic E-state index is 10.4. The van der Waals surface area contributed by atoms with Gasteiger partial charge in [0.1, 0.15) is 0 Å². The van der Waals surface area contributed by atoms with Crippen LogP contribution in [-0.4, -0.2) is 35.6 Å². The summed E-state index contributed by atoms with van der Waals surface area (Å²) in [5, 5.41) is 8.57. The third-order valence-corrected chi connectivity index (χ3v) is 1.70. The number of hydrogen-bond acceptors (Lipinski definition) is 2. The van der Waals surface area contributed by atoms with Crippen molar-refractivity contribution in [3.05, 3.63) is 0 Å². The molecular formula is C10H17NO2. The molecule has 0 rings (SSSR count). The van der Waals surface area contributed by atoms with Gasteiger partial charge in [0.05, 0.1) is 13.1 Å². The van der Waals surface area contributed by atoms with Crippen LogP contribution >= 0.6 is 0 Å². The van der Waals surface area contributed by atoms with Crippen LogP contribution in [0.1, 0.15) is 20.3 Å². The van der Waals surface area contributed by atoms with Crippen LogP contribution in [0.5, 0.6) is 0 Å². The van der Waals surface area contributed by atoms with Gasteiger partial charge >= 0.3 is 5.97 Å². The van der Waals surface area contributed by atoms with Gasteiger partial charge in [0.2, 0.25) is 0 Å². The van der Waals surface area contributed by atoms with Crippen molar-refractivity contribution in [3.63, 3.8) is 0 Å². The number of hydrogen-bond donors (Lipinski definition) is 1. The molecule has 0 radical (unpaired) electrons. The fourth-order valence-corrected chi connectivity index (χ4v) is 0.975. The quantitative estimate of drug-likeness (QED) is 0.626. The molecule has 0 unspecified atom stereocenters. The van der Waals surface area contributed by atoms with Crippen molar-refractivity contribution in [2.75, 3.05) is 19.6 Å². The van der Waals surface area contributed by atoms with E-state index in [0.717, 1.165) is 13.0 Å². The zero-order chi connectivity index (χ0) is 10.3. The van der Waals surface area contributed by atoms with Crippen molar-refractivity contribution >= 4 is 5.97 Å². The van der Waals surface area contributed by atoms with Crippen molar-refractivity contribution in [3.8, 4) is 12.3 Å². The van der Waals surface area contributed by atoms with Crippen LogP contribution in [0.3, 0.4) is 0 Å². The minimum atomic E-state index is -0.820. The molecule has 0 aromatic rings. The molecule has 0 saturated heterocycles. The van der Waals surface area contributed by atoms with Crippen molar-refractivity contribution in [2.45, 2.75) is 20.3 Å². The lowest BCUT2D eigenvalue weighted by atomic mass is 10.1. The Morgan fingerprint density at radius 3 is 2.62 bits per heavy atom. The van der Waals surface area contributed by atoms with E-state index in [1.807, 2.05) is 0 Å². The second-order valence-corrected chi connectivity index (χ2v) is 3.49. The van der Waals surface area contributed by atoms with Crippen molar-refractivity contribution < 1.29 is 9.90 Å². The molecule has 0 spiro atoms. The van der Waals surface area contributed by atoms with Gasteiger partial charge < -0.3 is 5.11 Å². The molecular weight excluding hydrogens is 166 g/mol. The summed E-state index contributed by atoms with van der Waals surface area (Å²) in [6.45, 7) is 5.42. The van der Waals surface area contributed by atoms with Crippen LogP contribution in [0, 0.1) is 18.3 Å². The average molecular weight is 183 g/mol. The molecule has 3 nitrogen and oxygen atoms in total. The van der Waals surface area contributed by atoms with Gasteiger partial charge in [-0.1, -0.05) is 19.8 Å². The molecule has 0 heterocycles. The zero-order valence-corrected chi connectivity index (χ0v) is 8.29. The van der Waals surface area contributed by atoms with Crippen molar-refractivity contribution in [2.24, 2.45) is 5.92 Å². The largest absolute Gasteiger partial charge is 0.480 e. The molecule has 13 heavy (non-hydrogen) atoms. The number of aliphatic carboxylic acids is 1. The Hall–Kier alpha value is -1.01. The van der Waals surface area contributed by atoms with Crippen LogP contribution < -0.4 is 0 Å². The molecule has 0 aromatic carbocycles. The summed E-state index contributed by atoms with van der Waals surface area (Å²) in [6.07, 6.45) is 6.11. The normalized spacial score (nSPS) is 10.4. The number of carbonyl (C=O) groups is 1. The lowest BCUT2D eigenvalue weighted by Crippen LogP contribution is -2.31. The van der Waals surface area contributed by atoms with Crippen LogP contribution in [0.4, 0.5) is 0 Å². The first-order valence-electron chi connectivity index (χ1n) is 4.44. The first-order valence-corrected chi connectivity index (χ1v) is 4.44. The SMILES string of the molecule is C#CCN(CCC(C)C)CC(=O)O. The number of nitrogens with zero attached hydrogens (tertiary/aromatic N) is 1. The minimum absolute atomic E-state index is 0.0386. The Balaban J connectivity index is 3.81. The van der Waals surface area contributed by atoms with Gasteiger partial charge in [-0.25, -0.2) is 0 Å². The van der Waals surface area contributed by atoms with E-state index in [4.69, 9.17) is 11.5 Å². The van der Waals surface area contributed by atoms with Crippen molar-refractivity contribution in [1.82, 2.24) is 4.90 Å². The summed E-state index contributed by atoms with van der Waals surface area (Å²) in [5.41, 5.74) is 0. The molecule has 0 aliphatic rings. The molecule has 0 atom stereocenters.